The van der Waals surface area contributed by atoms with Crippen LogP contribution in [0.25, 0.3) is 16.9 Å². The van der Waals surface area contributed by atoms with E-state index in [4.69, 9.17) is 9.56 Å². The van der Waals surface area contributed by atoms with Gasteiger partial charge in [0.25, 0.3) is 0 Å². The summed E-state index contributed by atoms with van der Waals surface area (Å²) in [5, 5.41) is 5.07. The van der Waals surface area contributed by atoms with E-state index in [-0.39, 0.29) is 4.90 Å². The van der Waals surface area contributed by atoms with Crippen LogP contribution < -0.4 is 10.9 Å². The maximum atomic E-state index is 11.9. The molecule has 0 aliphatic carbocycles. The quantitative estimate of drug-likeness (QED) is 0.796. The summed E-state index contributed by atoms with van der Waals surface area (Å²) in [5.74, 6) is -0.517. The molecule has 22 heavy (non-hydrogen) atoms. The summed E-state index contributed by atoms with van der Waals surface area (Å²) < 4.78 is 28.9. The van der Waals surface area contributed by atoms with Crippen molar-refractivity contribution < 1.29 is 12.8 Å². The lowest BCUT2D eigenvalue weighted by atomic mass is 10.1. The molecule has 0 spiro atoms. The van der Waals surface area contributed by atoms with Gasteiger partial charge in [-0.3, -0.25) is 0 Å². The Balaban J connectivity index is 2.13. The Bertz CT molecular complexity index is 955. The van der Waals surface area contributed by atoms with Gasteiger partial charge in [-0.25, -0.2) is 22.9 Å². The summed E-state index contributed by atoms with van der Waals surface area (Å²) in [7, 11) is -3.75. The van der Waals surface area contributed by atoms with E-state index in [0.717, 1.165) is 0 Å². The highest BCUT2D eigenvalue weighted by molar-refractivity contribution is 7.89. The highest BCUT2D eigenvalue weighted by Crippen LogP contribution is 2.23. The molecular formula is C15H12N2O4S. The Hall–Kier alpha value is -2.64. The minimum Gasteiger partial charge on any atom is -0.415 e. The molecule has 0 saturated heterocycles. The molecule has 7 heteroatoms. The number of rotatable bonds is 3. The van der Waals surface area contributed by atoms with E-state index in [0.29, 0.717) is 16.9 Å². The van der Waals surface area contributed by atoms with Gasteiger partial charge in [0, 0.05) is 5.56 Å². The van der Waals surface area contributed by atoms with Crippen molar-refractivity contribution in [2.45, 2.75) is 4.90 Å². The largest absolute Gasteiger partial charge is 0.424 e. The number of hydrogen-bond acceptors (Lipinski definition) is 4. The van der Waals surface area contributed by atoms with Crippen LogP contribution in [-0.4, -0.2) is 13.0 Å². The maximum absolute atomic E-state index is 11.9. The van der Waals surface area contributed by atoms with Gasteiger partial charge in [-0.15, -0.1) is 0 Å². The van der Waals surface area contributed by atoms with E-state index >= 15 is 0 Å². The molecular weight excluding hydrogens is 304 g/mol. The maximum Gasteiger partial charge on any atom is 0.424 e. The molecule has 1 heterocycles. The smallest absolute Gasteiger partial charge is 0.415 e. The van der Waals surface area contributed by atoms with Crippen LogP contribution in [0.15, 0.2) is 75.0 Å². The molecule has 0 radical (unpaired) electrons. The van der Waals surface area contributed by atoms with Gasteiger partial charge in [-0.05, 0) is 24.3 Å². The first-order valence-electron chi connectivity index (χ1n) is 6.36. The summed E-state index contributed by atoms with van der Waals surface area (Å²) in [6.45, 7) is 0. The van der Waals surface area contributed by atoms with E-state index in [1.54, 1.807) is 24.3 Å². The van der Waals surface area contributed by atoms with Crippen molar-refractivity contribution in [3.8, 4) is 16.9 Å². The van der Waals surface area contributed by atoms with Crippen LogP contribution in [0.3, 0.4) is 0 Å². The lowest BCUT2D eigenvalue weighted by Crippen LogP contribution is -2.13. The second kappa shape index (κ2) is 5.28. The molecule has 112 valence electrons. The monoisotopic (exact) mass is 316 g/mol. The number of hydrogen-bond donors (Lipinski definition) is 1. The summed E-state index contributed by atoms with van der Waals surface area (Å²) in [5.41, 5.74) is 1.83. The van der Waals surface area contributed by atoms with Crippen molar-refractivity contribution in [2.24, 2.45) is 5.14 Å². The fourth-order valence-corrected chi connectivity index (χ4v) is 2.66. The van der Waals surface area contributed by atoms with Crippen molar-refractivity contribution in [1.29, 1.82) is 0 Å². The predicted molar refractivity (Wildman–Crippen MR) is 81.1 cm³/mol. The molecule has 1 aromatic heterocycles. The zero-order valence-corrected chi connectivity index (χ0v) is 12.2. The molecule has 0 aliphatic heterocycles. The fraction of sp³-hybridized carbons (Fsp3) is 0. The van der Waals surface area contributed by atoms with Gasteiger partial charge in [0.1, 0.15) is 6.26 Å². The summed E-state index contributed by atoms with van der Waals surface area (Å²) >= 11 is 0. The molecule has 3 rings (SSSR count). The van der Waals surface area contributed by atoms with Crippen LogP contribution >= 0.6 is 0 Å². The number of benzene rings is 2. The number of sulfonamides is 1. The zero-order valence-electron chi connectivity index (χ0n) is 11.3. The topological polar surface area (TPSA) is 95.3 Å². The predicted octanol–water partition coefficient (Wildman–Crippen LogP) is 1.74. The minimum atomic E-state index is -3.75. The summed E-state index contributed by atoms with van der Waals surface area (Å²) in [6, 6.07) is 14.9. The van der Waals surface area contributed by atoms with E-state index in [1.165, 1.54) is 23.0 Å². The Morgan fingerprint density at radius 1 is 0.955 bits per heavy atom. The van der Waals surface area contributed by atoms with E-state index < -0.39 is 15.8 Å². The Morgan fingerprint density at radius 3 is 2.18 bits per heavy atom. The van der Waals surface area contributed by atoms with Crippen LogP contribution in [0.1, 0.15) is 0 Å². The number of para-hydroxylation sites is 1. The van der Waals surface area contributed by atoms with E-state index in [1.807, 2.05) is 18.2 Å². The molecule has 2 aromatic carbocycles. The van der Waals surface area contributed by atoms with Crippen LogP contribution in [0.4, 0.5) is 0 Å². The van der Waals surface area contributed by atoms with E-state index in [9.17, 15) is 13.2 Å². The average Bonchev–Trinajstić information content (AvgIpc) is 2.89. The molecule has 2 N–H and O–H groups in total. The lowest BCUT2D eigenvalue weighted by Gasteiger charge is -2.06. The SMILES string of the molecule is NS(=O)(=O)c1ccc(-c2coc(=O)n2-c2ccccc2)cc1. The third-order valence-corrected chi connectivity index (χ3v) is 4.12. The first-order valence-corrected chi connectivity index (χ1v) is 7.90. The second-order valence-corrected chi connectivity index (χ2v) is 6.19. The van der Waals surface area contributed by atoms with Gasteiger partial charge in [0.15, 0.2) is 0 Å². The number of aromatic nitrogens is 1. The van der Waals surface area contributed by atoms with Gasteiger partial charge in [0.05, 0.1) is 16.3 Å². The zero-order chi connectivity index (χ0) is 15.7. The number of oxazole rings is 1. The van der Waals surface area contributed by atoms with E-state index in [2.05, 4.69) is 0 Å². The Morgan fingerprint density at radius 2 is 1.59 bits per heavy atom. The minimum absolute atomic E-state index is 0.00773. The first-order chi connectivity index (χ1) is 10.5. The van der Waals surface area contributed by atoms with Gasteiger partial charge in [-0.2, -0.15) is 0 Å². The van der Waals surface area contributed by atoms with Crippen molar-refractivity contribution in [3.63, 3.8) is 0 Å². The Kier molecular flexibility index (Phi) is 3.44. The molecule has 3 aromatic rings. The second-order valence-electron chi connectivity index (χ2n) is 4.63. The molecule has 0 unspecified atom stereocenters. The third-order valence-electron chi connectivity index (χ3n) is 3.19. The third kappa shape index (κ3) is 2.59. The molecule has 0 fully saturated rings. The van der Waals surface area contributed by atoms with Gasteiger partial charge < -0.3 is 4.42 Å². The first kappa shape index (κ1) is 14.3. The van der Waals surface area contributed by atoms with Crippen LogP contribution in [0, 0.1) is 0 Å². The average molecular weight is 316 g/mol. The van der Waals surface area contributed by atoms with Gasteiger partial charge >= 0.3 is 5.76 Å². The standard InChI is InChI=1S/C15H12N2O4S/c16-22(19,20)13-8-6-11(7-9-13)14-10-21-15(18)17(14)12-4-2-1-3-5-12/h1-10H,(H2,16,19,20). The van der Waals surface area contributed by atoms with Crippen LogP contribution in [-0.2, 0) is 10.0 Å². The van der Waals surface area contributed by atoms with Crippen LogP contribution in [0.2, 0.25) is 0 Å². The molecule has 0 saturated carbocycles. The molecule has 0 atom stereocenters. The van der Waals surface area contributed by atoms with Gasteiger partial charge in [0.2, 0.25) is 10.0 Å². The van der Waals surface area contributed by atoms with Crippen LogP contribution in [0.5, 0.6) is 0 Å². The normalized spacial score (nSPS) is 11.5. The fourth-order valence-electron chi connectivity index (χ4n) is 2.14. The number of nitrogens with two attached hydrogens (primary N) is 1. The lowest BCUT2D eigenvalue weighted by molar-refractivity contribution is 0.504. The highest BCUT2D eigenvalue weighted by atomic mass is 32.2. The van der Waals surface area contributed by atoms with Crippen molar-refractivity contribution in [1.82, 2.24) is 4.57 Å². The molecule has 0 bridgehead atoms. The molecule has 0 aliphatic rings. The van der Waals surface area contributed by atoms with Crippen molar-refractivity contribution >= 4 is 10.0 Å². The molecule has 6 nitrogen and oxygen atoms in total. The van der Waals surface area contributed by atoms with Crippen molar-refractivity contribution in [2.75, 3.05) is 0 Å². The van der Waals surface area contributed by atoms with Gasteiger partial charge in [-0.1, -0.05) is 30.3 Å². The summed E-state index contributed by atoms with van der Waals surface area (Å²) in [4.78, 5) is 11.9. The summed E-state index contributed by atoms with van der Waals surface area (Å²) in [6.07, 6.45) is 1.33. The number of primary sulfonamides is 1. The highest BCUT2D eigenvalue weighted by Gasteiger charge is 2.13. The number of nitrogens with zero attached hydrogens (tertiary/aromatic N) is 1. The van der Waals surface area contributed by atoms with Crippen molar-refractivity contribution in [3.05, 3.63) is 71.4 Å². The molecule has 0 amide bonds. The Labute approximate surface area is 126 Å².